The highest BCUT2D eigenvalue weighted by Crippen LogP contribution is 2.58. The van der Waals surface area contributed by atoms with Crippen LogP contribution in [0.15, 0.2) is 115 Å². The third kappa shape index (κ3) is 23.0. The van der Waals surface area contributed by atoms with Gasteiger partial charge in [0.2, 0.25) is 6.54 Å². The number of aryl methyl sites for hydroxylation is 1. The van der Waals surface area contributed by atoms with Gasteiger partial charge in [0, 0.05) is 27.4 Å². The van der Waals surface area contributed by atoms with Gasteiger partial charge in [-0.15, -0.1) is 0 Å². The van der Waals surface area contributed by atoms with E-state index < -0.39 is 0 Å². The fraction of sp³-hybridized carbons (Fsp3) is 0.576. The highest BCUT2D eigenvalue weighted by Gasteiger charge is 2.45. The van der Waals surface area contributed by atoms with Crippen molar-refractivity contribution in [2.75, 3.05) is 7.11 Å². The van der Waals surface area contributed by atoms with E-state index in [1.165, 1.54) is 324 Å². The predicted octanol–water partition coefficient (Wildman–Crippen LogP) is 30.5. The van der Waals surface area contributed by atoms with E-state index in [4.69, 9.17) is 11.3 Å². The molecule has 0 unspecified atom stereocenters. The summed E-state index contributed by atoms with van der Waals surface area (Å²) < 4.78 is 5.66. The number of nitrogens with zero attached hydrogens (tertiary/aromatic N) is 3. The largest absolute Gasteiger partial charge is 0.497 e. The van der Waals surface area contributed by atoms with E-state index >= 15 is 0 Å². The SMILES string of the molecule is C.C/C=C(\C#N)c1ccc2c(c1)C(CCCCCCCC)(CCCCCCCC)c1cc(C)ccc1-2.CCCCCCCCC1(CCCCCCCC)c2cc(C=O)ccc2-c2ccc(OC)cc21.[C-]#[N+]Cc1ccc2c(c1)C(CCCCCCCC)(CCCCCCCC)c1cc(CC#N)ccc1-2. The summed E-state index contributed by atoms with van der Waals surface area (Å²) in [4.78, 5) is 15.4. The van der Waals surface area contributed by atoms with E-state index in [1.807, 2.05) is 19.1 Å². The van der Waals surface area contributed by atoms with Crippen molar-refractivity contribution in [3.8, 4) is 51.3 Å². The molecular weight excluding hydrogens is 1260 g/mol. The zero-order valence-electron chi connectivity index (χ0n) is 66.3. The number of fused-ring (bicyclic) bond motifs is 9. The van der Waals surface area contributed by atoms with E-state index in [1.54, 1.807) is 12.7 Å². The van der Waals surface area contributed by atoms with Gasteiger partial charge in [0.05, 0.1) is 31.2 Å². The summed E-state index contributed by atoms with van der Waals surface area (Å²) in [6.45, 7) is 25.8. The molecule has 0 bridgehead atoms. The molecule has 0 amide bonds. The Bertz CT molecular complexity index is 3570. The number of allylic oxidation sites excluding steroid dienone is 2. The molecule has 6 aromatic carbocycles. The fourth-order valence-electron chi connectivity index (χ4n) is 18.0. The Balaban J connectivity index is 0.000000244. The number of unbranched alkanes of at least 4 members (excludes halogenated alkanes) is 30. The Labute approximate surface area is 636 Å². The van der Waals surface area contributed by atoms with E-state index in [0.29, 0.717) is 13.0 Å². The Morgan fingerprint density at radius 3 is 1.12 bits per heavy atom. The molecule has 0 spiro atoms. The molecule has 0 saturated carbocycles. The van der Waals surface area contributed by atoms with E-state index in [0.717, 1.165) is 52.7 Å². The zero-order valence-corrected chi connectivity index (χ0v) is 66.3. The van der Waals surface area contributed by atoms with Crippen molar-refractivity contribution in [2.24, 2.45) is 0 Å². The number of carbonyl (C=O) groups is 1. The lowest BCUT2D eigenvalue weighted by atomic mass is 9.70. The molecule has 6 aromatic rings. The highest BCUT2D eigenvalue weighted by molar-refractivity contribution is 5.87. The second-order valence-electron chi connectivity index (χ2n) is 31.2. The minimum Gasteiger partial charge on any atom is -0.497 e. The van der Waals surface area contributed by atoms with Crippen LogP contribution in [0, 0.1) is 36.2 Å². The quantitative estimate of drug-likeness (QED) is 0.0165. The lowest BCUT2D eigenvalue weighted by Crippen LogP contribution is -2.26. The van der Waals surface area contributed by atoms with Crippen LogP contribution in [0.3, 0.4) is 0 Å². The molecule has 3 aliphatic rings. The number of ether oxygens (including phenoxy) is 1. The summed E-state index contributed by atoms with van der Waals surface area (Å²) in [5, 5.41) is 19.1. The zero-order chi connectivity index (χ0) is 73.6. The molecule has 0 aromatic heterocycles. The molecule has 5 heteroatoms. The molecule has 0 saturated heterocycles. The lowest BCUT2D eigenvalue weighted by Gasteiger charge is -2.33. The first-order valence-corrected chi connectivity index (χ1v) is 42.1. The molecule has 3 aliphatic carbocycles. The average molecular weight is 1400 g/mol. The summed E-state index contributed by atoms with van der Waals surface area (Å²) in [5.74, 6) is 0.937. The summed E-state index contributed by atoms with van der Waals surface area (Å²) >= 11 is 0. The van der Waals surface area contributed by atoms with Crippen LogP contribution in [-0.2, 0) is 29.2 Å². The minimum atomic E-state index is -0.00621. The van der Waals surface area contributed by atoms with Gasteiger partial charge in [0.15, 0.2) is 0 Å². The first kappa shape index (κ1) is 85.9. The van der Waals surface area contributed by atoms with Gasteiger partial charge >= 0.3 is 0 Å². The molecule has 0 fully saturated rings. The second kappa shape index (κ2) is 46.8. The van der Waals surface area contributed by atoms with Crippen LogP contribution in [0.25, 0.3) is 43.8 Å². The molecule has 0 aliphatic heterocycles. The highest BCUT2D eigenvalue weighted by atomic mass is 16.5. The van der Waals surface area contributed by atoms with Crippen molar-refractivity contribution in [3.63, 3.8) is 0 Å². The van der Waals surface area contributed by atoms with E-state index in [2.05, 4.69) is 169 Å². The Hall–Kier alpha value is -7.00. The first-order valence-electron chi connectivity index (χ1n) is 42.1. The van der Waals surface area contributed by atoms with Crippen molar-refractivity contribution in [1.29, 1.82) is 10.5 Å². The number of carbonyl (C=O) groups excluding carboxylic acids is 1. The molecule has 0 heterocycles. The van der Waals surface area contributed by atoms with Gasteiger partial charge in [-0.2, -0.15) is 10.5 Å². The Kier molecular flexibility index (Phi) is 38.7. The second-order valence-corrected chi connectivity index (χ2v) is 31.2. The van der Waals surface area contributed by atoms with Crippen molar-refractivity contribution in [2.45, 2.75) is 362 Å². The van der Waals surface area contributed by atoms with Crippen LogP contribution in [0.4, 0.5) is 0 Å². The molecule has 0 radical (unpaired) electrons. The van der Waals surface area contributed by atoms with E-state index in [9.17, 15) is 15.3 Å². The van der Waals surface area contributed by atoms with Gasteiger partial charge in [0.25, 0.3) is 0 Å². The number of benzene rings is 6. The fourth-order valence-corrected chi connectivity index (χ4v) is 18.0. The topological polar surface area (TPSA) is 78.2 Å². The lowest BCUT2D eigenvalue weighted by molar-refractivity contribution is 0.112. The van der Waals surface area contributed by atoms with Crippen LogP contribution in [-0.4, -0.2) is 13.4 Å². The van der Waals surface area contributed by atoms with Crippen LogP contribution >= 0.6 is 0 Å². The number of aldehydes is 1. The van der Waals surface area contributed by atoms with Crippen LogP contribution < -0.4 is 4.74 Å². The predicted molar refractivity (Wildman–Crippen MR) is 448 cm³/mol. The normalized spacial score (nSPS) is 13.4. The van der Waals surface area contributed by atoms with Gasteiger partial charge < -0.3 is 9.58 Å². The maximum absolute atomic E-state index is 11.7. The maximum Gasteiger partial charge on any atom is 0.239 e. The molecule has 0 atom stereocenters. The van der Waals surface area contributed by atoms with Crippen molar-refractivity contribution >= 4 is 11.9 Å². The molecular formula is C99H139N3O2. The Morgan fingerprint density at radius 1 is 0.413 bits per heavy atom. The first-order chi connectivity index (χ1) is 50.5. The smallest absolute Gasteiger partial charge is 0.239 e. The molecule has 9 rings (SSSR count). The van der Waals surface area contributed by atoms with Crippen LogP contribution in [0.1, 0.15) is 392 Å². The van der Waals surface area contributed by atoms with Crippen molar-refractivity contribution < 1.29 is 9.53 Å². The molecule has 562 valence electrons. The van der Waals surface area contributed by atoms with Gasteiger partial charge in [0.1, 0.15) is 12.0 Å². The van der Waals surface area contributed by atoms with Gasteiger partial charge in [-0.3, -0.25) is 4.79 Å². The van der Waals surface area contributed by atoms with Crippen molar-refractivity contribution in [1.82, 2.24) is 0 Å². The Morgan fingerprint density at radius 2 is 0.740 bits per heavy atom. The molecule has 0 N–H and O–H groups in total. The summed E-state index contributed by atoms with van der Waals surface area (Å²) in [7, 11) is 1.76. The number of nitriles is 2. The molecule has 104 heavy (non-hydrogen) atoms. The maximum atomic E-state index is 11.7. The molecule has 5 nitrogen and oxygen atoms in total. The van der Waals surface area contributed by atoms with Gasteiger partial charge in [-0.05, 0) is 161 Å². The van der Waals surface area contributed by atoms with Crippen LogP contribution in [0.2, 0.25) is 0 Å². The standard InChI is InChI=1S/C34H47N.C33H44N2.C31H44O2.CH4/c1-5-8-10-12-14-16-22-34(23-17-15-13-11-9-6-2)32-24-27(4)18-20-30(32)31-21-19-29(25-33(31)34)28(7-3)26-35;1-4-6-8-10-12-14-21-33(22-15-13-11-9-7-5-2)31-24-27(20-23-34)16-18-29(31)30-19-17-28(26-35-3)25-32(30)33;1-4-6-8-10-12-14-20-31(21-15-13-11-9-7-5-2)29-22-25(24-32)16-18-27(29)28-19-17-26(33-3)23-30(28)31;/h7,18-21,24-25H,5-6,8-17,22-23H2,1-4H3;16-19,24-25H,4-15,20-22,26H2,1-2H3;16-19,22-24H,4-15,20-21H2,1-3H3;1H4/b28-7+;;;. The number of rotatable bonds is 47. The van der Waals surface area contributed by atoms with Crippen molar-refractivity contribution in [3.05, 3.63) is 188 Å². The van der Waals surface area contributed by atoms with Crippen LogP contribution in [0.5, 0.6) is 5.75 Å². The average Bonchev–Trinajstić information content (AvgIpc) is 1.59. The summed E-state index contributed by atoms with van der Waals surface area (Å²) in [6, 6.07) is 45.2. The summed E-state index contributed by atoms with van der Waals surface area (Å²) in [6.07, 6.45) is 57.8. The third-order valence-corrected chi connectivity index (χ3v) is 23.7. The number of hydrogen-bond acceptors (Lipinski definition) is 4. The number of hydrogen-bond donors (Lipinski definition) is 0. The van der Waals surface area contributed by atoms with Gasteiger partial charge in [-0.1, -0.05) is 371 Å². The monoisotopic (exact) mass is 1400 g/mol. The minimum absolute atomic E-state index is 0. The number of methoxy groups -OCH3 is 1. The van der Waals surface area contributed by atoms with E-state index in [-0.39, 0.29) is 23.7 Å². The summed E-state index contributed by atoms with van der Waals surface area (Å²) in [5.41, 5.74) is 23.3. The third-order valence-electron chi connectivity index (χ3n) is 23.7. The van der Waals surface area contributed by atoms with Gasteiger partial charge in [-0.25, -0.2) is 6.57 Å².